The molecule has 0 aliphatic rings. The van der Waals surface area contributed by atoms with Crippen molar-refractivity contribution < 1.29 is 14.7 Å². The molecule has 1 heterocycles. The Hall–Kier alpha value is -2.11. The van der Waals surface area contributed by atoms with E-state index >= 15 is 0 Å². The van der Waals surface area contributed by atoms with Crippen LogP contribution in [0.25, 0.3) is 0 Å². The van der Waals surface area contributed by atoms with Gasteiger partial charge in [-0.15, -0.1) is 0 Å². The van der Waals surface area contributed by atoms with Crippen molar-refractivity contribution in [3.63, 3.8) is 0 Å². The second kappa shape index (κ2) is 8.94. The molecule has 0 bridgehead atoms. The highest BCUT2D eigenvalue weighted by molar-refractivity contribution is 5.75. The quantitative estimate of drug-likeness (QED) is 0.765. The third kappa shape index (κ3) is 6.25. The standard InChI is InChI=1S/C15H23N3O3/c1-3-4-13(14(19)20)11-17-15(21)18(2)10-7-12-5-8-16-9-6-12/h5-6,8-9,13H,3-4,7,10-11H2,1-2H3,(H,17,21)(H,19,20). The van der Waals surface area contributed by atoms with Crippen molar-refractivity contribution in [1.82, 2.24) is 15.2 Å². The summed E-state index contributed by atoms with van der Waals surface area (Å²) in [7, 11) is 1.70. The van der Waals surface area contributed by atoms with Crippen molar-refractivity contribution >= 4 is 12.0 Å². The molecular formula is C15H23N3O3. The van der Waals surface area contributed by atoms with Crippen molar-refractivity contribution in [1.29, 1.82) is 0 Å². The number of carboxylic acids is 1. The summed E-state index contributed by atoms with van der Waals surface area (Å²) >= 11 is 0. The van der Waals surface area contributed by atoms with E-state index in [1.807, 2.05) is 19.1 Å². The molecule has 21 heavy (non-hydrogen) atoms. The van der Waals surface area contributed by atoms with Gasteiger partial charge in [0.25, 0.3) is 0 Å². The molecule has 1 atom stereocenters. The molecule has 0 radical (unpaired) electrons. The van der Waals surface area contributed by atoms with Gasteiger partial charge in [0.1, 0.15) is 0 Å². The number of carboxylic acid groups (broad SMARTS) is 1. The van der Waals surface area contributed by atoms with Gasteiger partial charge in [-0.05, 0) is 30.5 Å². The van der Waals surface area contributed by atoms with Gasteiger partial charge in [-0.1, -0.05) is 13.3 Å². The smallest absolute Gasteiger partial charge is 0.317 e. The molecule has 6 heteroatoms. The molecule has 0 aliphatic heterocycles. The van der Waals surface area contributed by atoms with E-state index in [1.54, 1.807) is 24.3 Å². The van der Waals surface area contributed by atoms with Gasteiger partial charge in [0.15, 0.2) is 0 Å². The van der Waals surface area contributed by atoms with Crippen LogP contribution in [0.5, 0.6) is 0 Å². The number of nitrogens with one attached hydrogen (secondary N) is 1. The van der Waals surface area contributed by atoms with E-state index < -0.39 is 11.9 Å². The van der Waals surface area contributed by atoms with Gasteiger partial charge in [0.2, 0.25) is 0 Å². The van der Waals surface area contributed by atoms with Crippen LogP contribution in [0.2, 0.25) is 0 Å². The van der Waals surface area contributed by atoms with Crippen LogP contribution in [0, 0.1) is 5.92 Å². The van der Waals surface area contributed by atoms with Crippen LogP contribution in [-0.4, -0.2) is 47.1 Å². The zero-order valence-corrected chi connectivity index (χ0v) is 12.6. The molecular weight excluding hydrogens is 270 g/mol. The fourth-order valence-electron chi connectivity index (χ4n) is 1.95. The van der Waals surface area contributed by atoms with Crippen LogP contribution >= 0.6 is 0 Å². The van der Waals surface area contributed by atoms with Gasteiger partial charge in [-0.3, -0.25) is 9.78 Å². The van der Waals surface area contributed by atoms with Crippen LogP contribution in [-0.2, 0) is 11.2 Å². The van der Waals surface area contributed by atoms with Crippen molar-refractivity contribution in [2.24, 2.45) is 5.92 Å². The fourth-order valence-corrected chi connectivity index (χ4v) is 1.95. The first kappa shape index (κ1) is 16.9. The zero-order chi connectivity index (χ0) is 15.7. The van der Waals surface area contributed by atoms with Gasteiger partial charge in [-0.2, -0.15) is 0 Å². The number of hydrogen-bond acceptors (Lipinski definition) is 3. The molecule has 1 rings (SSSR count). The van der Waals surface area contributed by atoms with E-state index in [2.05, 4.69) is 10.3 Å². The second-order valence-corrected chi connectivity index (χ2v) is 5.04. The maximum Gasteiger partial charge on any atom is 0.317 e. The molecule has 2 amide bonds. The number of aromatic nitrogens is 1. The highest BCUT2D eigenvalue weighted by atomic mass is 16.4. The fraction of sp³-hybridized carbons (Fsp3) is 0.533. The highest BCUT2D eigenvalue weighted by Crippen LogP contribution is 2.05. The molecule has 0 saturated carbocycles. The normalized spacial score (nSPS) is 11.7. The number of hydrogen-bond donors (Lipinski definition) is 2. The zero-order valence-electron chi connectivity index (χ0n) is 12.6. The first-order chi connectivity index (χ1) is 10.0. The van der Waals surface area contributed by atoms with Gasteiger partial charge >= 0.3 is 12.0 Å². The Morgan fingerprint density at radius 2 is 2.05 bits per heavy atom. The third-order valence-electron chi connectivity index (χ3n) is 3.32. The van der Waals surface area contributed by atoms with Crippen LogP contribution < -0.4 is 5.32 Å². The number of pyridine rings is 1. The lowest BCUT2D eigenvalue weighted by atomic mass is 10.0. The second-order valence-electron chi connectivity index (χ2n) is 5.04. The Labute approximate surface area is 125 Å². The van der Waals surface area contributed by atoms with Gasteiger partial charge < -0.3 is 15.3 Å². The Kier molecular flexibility index (Phi) is 7.21. The molecule has 0 aliphatic carbocycles. The van der Waals surface area contributed by atoms with Gasteiger partial charge in [0.05, 0.1) is 5.92 Å². The number of urea groups is 1. The first-order valence-electron chi connectivity index (χ1n) is 7.15. The van der Waals surface area contributed by atoms with Crippen molar-refractivity contribution in [2.75, 3.05) is 20.1 Å². The first-order valence-corrected chi connectivity index (χ1v) is 7.15. The van der Waals surface area contributed by atoms with Crippen LogP contribution in [0.4, 0.5) is 4.79 Å². The average molecular weight is 293 g/mol. The van der Waals surface area contributed by atoms with E-state index in [9.17, 15) is 9.59 Å². The van der Waals surface area contributed by atoms with Gasteiger partial charge in [-0.25, -0.2) is 4.79 Å². The van der Waals surface area contributed by atoms with Crippen molar-refractivity contribution in [3.05, 3.63) is 30.1 Å². The summed E-state index contributed by atoms with van der Waals surface area (Å²) in [6, 6.07) is 3.58. The molecule has 6 nitrogen and oxygen atoms in total. The maximum absolute atomic E-state index is 11.9. The van der Waals surface area contributed by atoms with Crippen molar-refractivity contribution in [3.8, 4) is 0 Å². The minimum absolute atomic E-state index is 0.168. The summed E-state index contributed by atoms with van der Waals surface area (Å²) < 4.78 is 0. The van der Waals surface area contributed by atoms with E-state index in [0.717, 1.165) is 18.4 Å². The minimum atomic E-state index is -0.864. The SMILES string of the molecule is CCCC(CNC(=O)N(C)CCc1ccncc1)C(=O)O. The van der Waals surface area contributed by atoms with E-state index in [4.69, 9.17) is 5.11 Å². The average Bonchev–Trinajstić information content (AvgIpc) is 2.49. The highest BCUT2D eigenvalue weighted by Gasteiger charge is 2.18. The number of nitrogens with zero attached hydrogens (tertiary/aromatic N) is 2. The number of aliphatic carboxylic acids is 1. The molecule has 1 aromatic rings. The van der Waals surface area contributed by atoms with Crippen LogP contribution in [0.3, 0.4) is 0 Å². The number of carbonyl (C=O) groups is 2. The number of rotatable bonds is 8. The molecule has 116 valence electrons. The lowest BCUT2D eigenvalue weighted by Crippen LogP contribution is -2.41. The summed E-state index contributed by atoms with van der Waals surface area (Å²) in [6.07, 6.45) is 5.53. The largest absolute Gasteiger partial charge is 0.481 e. The monoisotopic (exact) mass is 293 g/mol. The summed E-state index contributed by atoms with van der Waals surface area (Å²) in [5.74, 6) is -1.39. The summed E-state index contributed by atoms with van der Waals surface area (Å²) in [4.78, 5) is 28.4. The predicted octanol–water partition coefficient (Wildman–Crippen LogP) is 1.77. The Morgan fingerprint density at radius 1 is 1.38 bits per heavy atom. The number of amides is 2. The lowest BCUT2D eigenvalue weighted by molar-refractivity contribution is -0.141. The Balaban J connectivity index is 2.35. The molecule has 1 aromatic heterocycles. The summed E-state index contributed by atoms with van der Waals surface area (Å²) in [6.45, 7) is 2.67. The molecule has 0 aromatic carbocycles. The van der Waals surface area contributed by atoms with Gasteiger partial charge in [0, 0.05) is 32.5 Å². The number of likely N-dealkylation sites (N-methyl/N-ethyl adjacent to an activating group) is 1. The van der Waals surface area contributed by atoms with E-state index in [1.165, 1.54) is 0 Å². The molecule has 0 fully saturated rings. The molecule has 0 spiro atoms. The maximum atomic E-state index is 11.9. The predicted molar refractivity (Wildman–Crippen MR) is 80.0 cm³/mol. The molecule has 0 saturated heterocycles. The van der Waals surface area contributed by atoms with E-state index in [0.29, 0.717) is 13.0 Å². The lowest BCUT2D eigenvalue weighted by Gasteiger charge is -2.19. The van der Waals surface area contributed by atoms with E-state index in [-0.39, 0.29) is 12.6 Å². The summed E-state index contributed by atoms with van der Waals surface area (Å²) in [5, 5.41) is 11.7. The van der Waals surface area contributed by atoms with Crippen LogP contribution in [0.15, 0.2) is 24.5 Å². The molecule has 1 unspecified atom stereocenters. The third-order valence-corrected chi connectivity index (χ3v) is 3.32. The Morgan fingerprint density at radius 3 is 2.62 bits per heavy atom. The Bertz CT molecular complexity index is 451. The van der Waals surface area contributed by atoms with Crippen molar-refractivity contribution in [2.45, 2.75) is 26.2 Å². The summed E-state index contributed by atoms with van der Waals surface area (Å²) in [5.41, 5.74) is 1.11. The molecule has 2 N–H and O–H groups in total. The van der Waals surface area contributed by atoms with Crippen LogP contribution in [0.1, 0.15) is 25.3 Å². The number of carbonyl (C=O) groups excluding carboxylic acids is 1. The minimum Gasteiger partial charge on any atom is -0.481 e. The topological polar surface area (TPSA) is 82.5 Å².